The minimum absolute atomic E-state index is 0.0122. The third kappa shape index (κ3) is 3.17. The van der Waals surface area contributed by atoms with Crippen LogP contribution in [0.1, 0.15) is 48.7 Å². The molecule has 0 unspecified atom stereocenters. The molecular formula is C20H24N6O2. The van der Waals surface area contributed by atoms with Gasteiger partial charge in [0.05, 0.1) is 30.6 Å². The van der Waals surface area contributed by atoms with Gasteiger partial charge in [0.25, 0.3) is 5.56 Å². The number of aromatic nitrogens is 5. The van der Waals surface area contributed by atoms with Gasteiger partial charge in [0.15, 0.2) is 5.82 Å². The molecule has 0 bridgehead atoms. The van der Waals surface area contributed by atoms with Gasteiger partial charge >= 0.3 is 0 Å². The van der Waals surface area contributed by atoms with Crippen LogP contribution in [-0.2, 0) is 17.8 Å². The van der Waals surface area contributed by atoms with Crippen LogP contribution in [0.4, 0.5) is 5.82 Å². The summed E-state index contributed by atoms with van der Waals surface area (Å²) in [4.78, 5) is 17.0. The van der Waals surface area contributed by atoms with Crippen molar-refractivity contribution in [3.05, 3.63) is 51.8 Å². The lowest BCUT2D eigenvalue weighted by molar-refractivity contribution is 0.107. The smallest absolute Gasteiger partial charge is 0.267 e. The fraction of sp³-hybridized carbons (Fsp3) is 0.500. The largest absolute Gasteiger partial charge is 0.376 e. The molecule has 8 nitrogen and oxygen atoms in total. The van der Waals surface area contributed by atoms with Gasteiger partial charge in [-0.2, -0.15) is 10.2 Å². The van der Waals surface area contributed by atoms with E-state index in [2.05, 4.69) is 20.5 Å². The summed E-state index contributed by atoms with van der Waals surface area (Å²) >= 11 is 0. The number of rotatable bonds is 3. The van der Waals surface area contributed by atoms with Crippen LogP contribution < -0.4 is 10.9 Å². The van der Waals surface area contributed by atoms with Gasteiger partial charge in [-0.25, -0.2) is 14.2 Å². The van der Waals surface area contributed by atoms with Crippen LogP contribution in [0, 0.1) is 6.92 Å². The first-order valence-electron chi connectivity index (χ1n) is 9.94. The predicted molar refractivity (Wildman–Crippen MR) is 104 cm³/mol. The molecule has 0 atom stereocenters. The lowest BCUT2D eigenvalue weighted by Crippen LogP contribution is -2.35. The summed E-state index contributed by atoms with van der Waals surface area (Å²) < 4.78 is 9.00. The molecule has 28 heavy (non-hydrogen) atoms. The summed E-state index contributed by atoms with van der Waals surface area (Å²) in [6.07, 6.45) is 8.25. The van der Waals surface area contributed by atoms with Crippen molar-refractivity contribution in [3.8, 4) is 0 Å². The van der Waals surface area contributed by atoms with E-state index < -0.39 is 0 Å². The number of nitrogens with one attached hydrogen (secondary N) is 1. The maximum atomic E-state index is 12.5. The van der Waals surface area contributed by atoms with Crippen LogP contribution in [0.2, 0.25) is 0 Å². The highest BCUT2D eigenvalue weighted by molar-refractivity contribution is 5.68. The number of anilines is 1. The highest BCUT2D eigenvalue weighted by Gasteiger charge is 2.25. The Balaban J connectivity index is 1.29. The second-order valence-electron chi connectivity index (χ2n) is 7.74. The normalized spacial score (nSPS) is 22.2. The van der Waals surface area contributed by atoms with Crippen molar-refractivity contribution in [2.24, 2.45) is 0 Å². The summed E-state index contributed by atoms with van der Waals surface area (Å²) in [5, 5.41) is 12.7. The van der Waals surface area contributed by atoms with Crippen LogP contribution in [0.15, 0.2) is 29.3 Å². The van der Waals surface area contributed by atoms with Crippen LogP contribution in [0.25, 0.3) is 5.52 Å². The molecule has 1 aliphatic heterocycles. The van der Waals surface area contributed by atoms with Crippen LogP contribution in [0.3, 0.4) is 0 Å². The number of hydrogen-bond donors (Lipinski definition) is 1. The lowest BCUT2D eigenvalue weighted by atomic mass is 9.91. The fourth-order valence-corrected chi connectivity index (χ4v) is 4.30. The molecule has 146 valence electrons. The number of aryl methyl sites for hydroxylation is 1. The number of nitrogens with zero attached hydrogens (tertiary/aromatic N) is 5. The molecule has 3 aromatic heterocycles. The molecule has 0 aromatic carbocycles. The van der Waals surface area contributed by atoms with Crippen molar-refractivity contribution in [1.82, 2.24) is 24.4 Å². The van der Waals surface area contributed by atoms with Gasteiger partial charge in [-0.3, -0.25) is 4.79 Å². The molecule has 0 amide bonds. The molecule has 2 aliphatic rings. The Morgan fingerprint density at radius 2 is 2.04 bits per heavy atom. The standard InChI is InChI=1S/C20H24N6O2/c1-13-10-18-20(21-7-8-25(18)23-13)22-15-2-4-16(5-3-15)26-19(27)11-14-12-28-9-6-17(14)24-26/h7-8,10-11,15-16H,2-6,9,12H2,1H3,(H,21,22). The summed E-state index contributed by atoms with van der Waals surface area (Å²) in [6.45, 7) is 3.17. The van der Waals surface area contributed by atoms with E-state index in [-0.39, 0.29) is 11.6 Å². The predicted octanol–water partition coefficient (Wildman–Crippen LogP) is 2.26. The third-order valence-electron chi connectivity index (χ3n) is 5.76. The maximum absolute atomic E-state index is 12.5. The second kappa shape index (κ2) is 7.01. The molecular weight excluding hydrogens is 356 g/mol. The van der Waals surface area contributed by atoms with Gasteiger partial charge in [0, 0.05) is 36.5 Å². The summed E-state index contributed by atoms with van der Waals surface area (Å²) in [7, 11) is 0. The van der Waals surface area contributed by atoms with Crippen molar-refractivity contribution in [2.45, 2.75) is 57.7 Å². The first-order valence-corrected chi connectivity index (χ1v) is 9.94. The summed E-state index contributed by atoms with van der Waals surface area (Å²) in [6, 6.07) is 4.26. The monoisotopic (exact) mass is 380 g/mol. The zero-order valence-corrected chi connectivity index (χ0v) is 16.0. The van der Waals surface area contributed by atoms with Gasteiger partial charge in [0.1, 0.15) is 5.52 Å². The molecule has 1 saturated carbocycles. The Kier molecular flexibility index (Phi) is 4.35. The van der Waals surface area contributed by atoms with E-state index in [1.165, 1.54) is 0 Å². The third-order valence-corrected chi connectivity index (χ3v) is 5.76. The average Bonchev–Trinajstić information content (AvgIpc) is 3.09. The molecule has 0 saturated heterocycles. The second-order valence-corrected chi connectivity index (χ2v) is 7.74. The van der Waals surface area contributed by atoms with Crippen molar-refractivity contribution < 1.29 is 4.74 Å². The molecule has 0 radical (unpaired) electrons. The van der Waals surface area contributed by atoms with E-state index in [0.717, 1.165) is 60.4 Å². The van der Waals surface area contributed by atoms with Crippen LogP contribution in [0.5, 0.6) is 0 Å². The number of fused-ring (bicyclic) bond motifs is 2. The van der Waals surface area contributed by atoms with E-state index in [0.29, 0.717) is 19.3 Å². The van der Waals surface area contributed by atoms with Crippen LogP contribution >= 0.6 is 0 Å². The van der Waals surface area contributed by atoms with E-state index in [1.54, 1.807) is 16.9 Å². The Hall–Kier alpha value is -2.74. The van der Waals surface area contributed by atoms with E-state index in [4.69, 9.17) is 4.74 Å². The molecule has 8 heteroatoms. The number of hydrogen-bond acceptors (Lipinski definition) is 6. The molecule has 5 rings (SSSR count). The van der Waals surface area contributed by atoms with Gasteiger partial charge in [-0.1, -0.05) is 0 Å². The number of ether oxygens (including phenoxy) is 1. The topological polar surface area (TPSA) is 86.3 Å². The minimum atomic E-state index is -0.0122. The summed E-state index contributed by atoms with van der Waals surface area (Å²) in [5.74, 6) is 0.871. The summed E-state index contributed by atoms with van der Waals surface area (Å²) in [5.41, 5.74) is 3.91. The minimum Gasteiger partial charge on any atom is -0.376 e. The molecule has 3 aromatic rings. The van der Waals surface area contributed by atoms with Gasteiger partial charge in [-0.15, -0.1) is 0 Å². The molecule has 1 fully saturated rings. The van der Waals surface area contributed by atoms with E-state index in [1.807, 2.05) is 23.7 Å². The molecule has 4 heterocycles. The van der Waals surface area contributed by atoms with E-state index in [9.17, 15) is 4.79 Å². The Bertz CT molecular complexity index is 1060. The zero-order chi connectivity index (χ0) is 19.1. The molecule has 1 N–H and O–H groups in total. The first-order chi connectivity index (χ1) is 13.7. The van der Waals surface area contributed by atoms with Crippen molar-refractivity contribution in [3.63, 3.8) is 0 Å². The van der Waals surface area contributed by atoms with Gasteiger partial charge in [0.2, 0.25) is 0 Å². The highest BCUT2D eigenvalue weighted by Crippen LogP contribution is 2.30. The van der Waals surface area contributed by atoms with Crippen LogP contribution in [-0.4, -0.2) is 37.0 Å². The fourth-order valence-electron chi connectivity index (χ4n) is 4.30. The van der Waals surface area contributed by atoms with E-state index >= 15 is 0 Å². The lowest BCUT2D eigenvalue weighted by Gasteiger charge is -2.30. The average molecular weight is 380 g/mol. The Labute approximate surface area is 162 Å². The first kappa shape index (κ1) is 17.4. The molecule has 1 aliphatic carbocycles. The molecule has 0 spiro atoms. The Morgan fingerprint density at radius 1 is 1.18 bits per heavy atom. The maximum Gasteiger partial charge on any atom is 0.267 e. The SMILES string of the molecule is Cc1cc2c(NC3CCC(n4nc5c(cc4=O)COCC5)CC3)nccn2n1. The van der Waals surface area contributed by atoms with Crippen molar-refractivity contribution in [2.75, 3.05) is 11.9 Å². The van der Waals surface area contributed by atoms with Crippen molar-refractivity contribution in [1.29, 1.82) is 0 Å². The van der Waals surface area contributed by atoms with Crippen molar-refractivity contribution >= 4 is 11.3 Å². The van der Waals surface area contributed by atoms with Gasteiger partial charge < -0.3 is 10.1 Å². The zero-order valence-electron chi connectivity index (χ0n) is 16.0. The Morgan fingerprint density at radius 3 is 2.89 bits per heavy atom. The quantitative estimate of drug-likeness (QED) is 0.750. The van der Waals surface area contributed by atoms with Gasteiger partial charge in [-0.05, 0) is 38.7 Å². The highest BCUT2D eigenvalue weighted by atomic mass is 16.5.